The van der Waals surface area contributed by atoms with Gasteiger partial charge in [-0.15, -0.1) is 0 Å². The van der Waals surface area contributed by atoms with Gasteiger partial charge in [0.2, 0.25) is 0 Å². The highest BCUT2D eigenvalue weighted by atomic mass is 32.1. The lowest BCUT2D eigenvalue weighted by Gasteiger charge is -2.13. The van der Waals surface area contributed by atoms with E-state index in [4.69, 9.17) is 4.74 Å². The summed E-state index contributed by atoms with van der Waals surface area (Å²) >= 11 is 1.51. The van der Waals surface area contributed by atoms with Crippen LogP contribution < -0.4 is 15.4 Å². The van der Waals surface area contributed by atoms with Gasteiger partial charge >= 0.3 is 6.03 Å². The minimum atomic E-state index is -0.687. The second-order valence-electron chi connectivity index (χ2n) is 4.68. The quantitative estimate of drug-likeness (QED) is 0.734. The molecular formula is C16H20N2O3S. The predicted octanol–water partition coefficient (Wildman–Crippen LogP) is 2.68. The Kier molecular flexibility index (Phi) is 6.24. The van der Waals surface area contributed by atoms with E-state index < -0.39 is 6.10 Å². The van der Waals surface area contributed by atoms with Crippen molar-refractivity contribution in [2.24, 2.45) is 0 Å². The Morgan fingerprint density at radius 2 is 2.14 bits per heavy atom. The number of para-hydroxylation sites is 1. The molecule has 3 N–H and O–H groups in total. The molecule has 1 unspecified atom stereocenters. The lowest BCUT2D eigenvalue weighted by Crippen LogP contribution is -2.37. The van der Waals surface area contributed by atoms with Crippen LogP contribution >= 0.6 is 11.3 Å². The summed E-state index contributed by atoms with van der Waals surface area (Å²) in [6, 6.07) is 9.10. The fourth-order valence-electron chi connectivity index (χ4n) is 1.96. The van der Waals surface area contributed by atoms with Crippen molar-refractivity contribution in [1.82, 2.24) is 10.6 Å². The Labute approximate surface area is 133 Å². The molecule has 1 atom stereocenters. The lowest BCUT2D eigenvalue weighted by atomic mass is 10.2. The number of aliphatic hydroxyl groups excluding tert-OH is 1. The largest absolute Gasteiger partial charge is 0.494 e. The van der Waals surface area contributed by atoms with Gasteiger partial charge in [0.15, 0.2) is 0 Å². The Morgan fingerprint density at radius 3 is 2.86 bits per heavy atom. The molecule has 0 spiro atoms. The van der Waals surface area contributed by atoms with Gasteiger partial charge in [-0.1, -0.05) is 18.2 Å². The van der Waals surface area contributed by atoms with Crippen molar-refractivity contribution in [2.75, 3.05) is 13.2 Å². The Morgan fingerprint density at radius 1 is 1.32 bits per heavy atom. The van der Waals surface area contributed by atoms with E-state index in [0.29, 0.717) is 13.2 Å². The van der Waals surface area contributed by atoms with Crippen LogP contribution in [0.5, 0.6) is 5.75 Å². The average Bonchev–Trinajstić information content (AvgIpc) is 3.06. The number of nitrogens with one attached hydrogen (secondary N) is 2. The van der Waals surface area contributed by atoms with E-state index >= 15 is 0 Å². The van der Waals surface area contributed by atoms with Crippen LogP contribution in [-0.4, -0.2) is 24.3 Å². The lowest BCUT2D eigenvalue weighted by molar-refractivity contribution is 0.173. The topological polar surface area (TPSA) is 70.6 Å². The van der Waals surface area contributed by atoms with Crippen molar-refractivity contribution in [1.29, 1.82) is 0 Å². The zero-order valence-corrected chi connectivity index (χ0v) is 13.2. The fraction of sp³-hybridized carbons (Fsp3) is 0.312. The first-order valence-corrected chi connectivity index (χ1v) is 8.07. The number of hydrogen-bond acceptors (Lipinski definition) is 4. The van der Waals surface area contributed by atoms with Crippen molar-refractivity contribution in [3.8, 4) is 5.75 Å². The maximum atomic E-state index is 11.8. The summed E-state index contributed by atoms with van der Waals surface area (Å²) in [6.45, 7) is 3.05. The first kappa shape index (κ1) is 16.3. The average molecular weight is 320 g/mol. The zero-order valence-electron chi connectivity index (χ0n) is 12.4. The van der Waals surface area contributed by atoms with E-state index in [-0.39, 0.29) is 12.6 Å². The van der Waals surface area contributed by atoms with Gasteiger partial charge in [-0.05, 0) is 35.4 Å². The fourth-order valence-corrected chi connectivity index (χ4v) is 2.66. The van der Waals surface area contributed by atoms with Crippen molar-refractivity contribution < 1.29 is 14.6 Å². The van der Waals surface area contributed by atoms with E-state index in [9.17, 15) is 9.90 Å². The molecule has 5 nitrogen and oxygen atoms in total. The maximum Gasteiger partial charge on any atom is 0.315 e. The molecule has 0 radical (unpaired) electrons. The Balaban J connectivity index is 1.78. The summed E-state index contributed by atoms with van der Waals surface area (Å²) < 4.78 is 5.51. The van der Waals surface area contributed by atoms with Gasteiger partial charge in [0.05, 0.1) is 12.7 Å². The smallest absolute Gasteiger partial charge is 0.315 e. The van der Waals surface area contributed by atoms with Gasteiger partial charge in [-0.25, -0.2) is 4.79 Å². The number of urea groups is 1. The van der Waals surface area contributed by atoms with Crippen LogP contribution in [0.4, 0.5) is 4.79 Å². The van der Waals surface area contributed by atoms with Gasteiger partial charge in [0, 0.05) is 18.7 Å². The predicted molar refractivity (Wildman–Crippen MR) is 87.1 cm³/mol. The molecule has 22 heavy (non-hydrogen) atoms. The number of amides is 2. The SMILES string of the molecule is CCOc1ccccc1CNC(=O)NCC(O)c1ccsc1. The monoisotopic (exact) mass is 320 g/mol. The van der Waals surface area contributed by atoms with E-state index in [1.807, 2.05) is 48.0 Å². The van der Waals surface area contributed by atoms with Crippen LogP contribution in [0, 0.1) is 0 Å². The minimum absolute atomic E-state index is 0.176. The molecule has 2 aromatic rings. The summed E-state index contributed by atoms with van der Waals surface area (Å²) in [5.74, 6) is 0.767. The third kappa shape index (κ3) is 4.75. The van der Waals surface area contributed by atoms with Gasteiger partial charge in [-0.2, -0.15) is 11.3 Å². The van der Waals surface area contributed by atoms with E-state index in [1.54, 1.807) is 0 Å². The molecule has 2 rings (SSSR count). The van der Waals surface area contributed by atoms with E-state index in [1.165, 1.54) is 11.3 Å². The molecule has 0 saturated heterocycles. The molecule has 2 amide bonds. The maximum absolute atomic E-state index is 11.8. The number of carbonyl (C=O) groups excluding carboxylic acids is 1. The van der Waals surface area contributed by atoms with E-state index in [0.717, 1.165) is 16.9 Å². The number of ether oxygens (including phenoxy) is 1. The molecule has 0 saturated carbocycles. The van der Waals surface area contributed by atoms with Gasteiger partial charge < -0.3 is 20.5 Å². The highest BCUT2D eigenvalue weighted by molar-refractivity contribution is 7.07. The normalized spacial score (nSPS) is 11.7. The minimum Gasteiger partial charge on any atom is -0.494 e. The number of aliphatic hydroxyl groups is 1. The number of rotatable bonds is 7. The van der Waals surface area contributed by atoms with Crippen molar-refractivity contribution in [2.45, 2.75) is 19.6 Å². The van der Waals surface area contributed by atoms with Gasteiger partial charge in [0.25, 0.3) is 0 Å². The number of benzene rings is 1. The molecule has 0 aliphatic heterocycles. The van der Waals surface area contributed by atoms with Crippen LogP contribution in [0.2, 0.25) is 0 Å². The van der Waals surface area contributed by atoms with Crippen molar-refractivity contribution in [3.63, 3.8) is 0 Å². The first-order chi connectivity index (χ1) is 10.7. The number of carbonyl (C=O) groups is 1. The summed E-state index contributed by atoms with van der Waals surface area (Å²) in [5.41, 5.74) is 1.73. The Bertz CT molecular complexity index is 587. The van der Waals surface area contributed by atoms with Crippen LogP contribution in [0.25, 0.3) is 0 Å². The summed E-state index contributed by atoms with van der Waals surface area (Å²) in [5, 5.41) is 19.1. The van der Waals surface area contributed by atoms with Crippen LogP contribution in [0.1, 0.15) is 24.2 Å². The molecule has 0 bridgehead atoms. The third-order valence-corrected chi connectivity index (χ3v) is 3.80. The molecule has 0 fully saturated rings. The summed E-state index contributed by atoms with van der Waals surface area (Å²) in [4.78, 5) is 11.8. The van der Waals surface area contributed by atoms with Crippen molar-refractivity contribution in [3.05, 3.63) is 52.2 Å². The third-order valence-electron chi connectivity index (χ3n) is 3.10. The Hall–Kier alpha value is -2.05. The molecule has 0 aliphatic rings. The van der Waals surface area contributed by atoms with E-state index in [2.05, 4.69) is 10.6 Å². The van der Waals surface area contributed by atoms with Crippen LogP contribution in [-0.2, 0) is 6.54 Å². The van der Waals surface area contributed by atoms with Gasteiger partial charge in [0.1, 0.15) is 5.75 Å². The highest BCUT2D eigenvalue weighted by Gasteiger charge is 2.10. The van der Waals surface area contributed by atoms with Crippen molar-refractivity contribution >= 4 is 17.4 Å². The zero-order chi connectivity index (χ0) is 15.8. The van der Waals surface area contributed by atoms with Crippen LogP contribution in [0.15, 0.2) is 41.1 Å². The molecule has 1 aromatic heterocycles. The summed E-state index contributed by atoms with van der Waals surface area (Å²) in [6.07, 6.45) is -0.687. The second kappa shape index (κ2) is 8.41. The molecule has 0 aliphatic carbocycles. The molecule has 118 valence electrons. The molecule has 6 heteroatoms. The second-order valence-corrected chi connectivity index (χ2v) is 5.46. The van der Waals surface area contributed by atoms with Crippen LogP contribution in [0.3, 0.4) is 0 Å². The standard InChI is InChI=1S/C16H20N2O3S/c1-2-21-15-6-4-3-5-12(15)9-17-16(20)18-10-14(19)13-7-8-22-11-13/h3-8,11,14,19H,2,9-10H2,1H3,(H2,17,18,20). The first-order valence-electron chi connectivity index (χ1n) is 7.13. The summed E-state index contributed by atoms with van der Waals surface area (Å²) in [7, 11) is 0. The molecule has 1 heterocycles. The highest BCUT2D eigenvalue weighted by Crippen LogP contribution is 2.17. The molecule has 1 aromatic carbocycles. The number of hydrogen-bond donors (Lipinski definition) is 3. The van der Waals surface area contributed by atoms with Gasteiger partial charge in [-0.3, -0.25) is 0 Å². The number of thiophene rings is 1. The molecular weight excluding hydrogens is 300 g/mol.